The number of para-hydroxylation sites is 1. The maximum atomic E-state index is 13.3. The standard InChI is InChI=1S/C24H23FN6/c1-3-6-21-28-22-23(18-7-4-5-8-19(18)27-24(22)26)31(21)14-17-13-20(30(2)29-17)15-9-11-16(25)12-10-15/h4-5,7-13H,3,6,14H2,1-2H3,(H2,26,27). The molecule has 0 amide bonds. The van der Waals surface area contributed by atoms with Crippen molar-refractivity contribution >= 4 is 27.8 Å². The number of aryl methyl sites for hydroxylation is 2. The number of halogens is 1. The largest absolute Gasteiger partial charge is 0.382 e. The van der Waals surface area contributed by atoms with Crippen LogP contribution < -0.4 is 5.73 Å². The molecule has 0 aliphatic rings. The van der Waals surface area contributed by atoms with Gasteiger partial charge in [-0.25, -0.2) is 14.4 Å². The molecule has 0 aliphatic heterocycles. The first-order chi connectivity index (χ1) is 15.0. The van der Waals surface area contributed by atoms with Crippen LogP contribution in [0.25, 0.3) is 33.2 Å². The van der Waals surface area contributed by atoms with Crippen LogP contribution in [0.3, 0.4) is 0 Å². The van der Waals surface area contributed by atoms with E-state index in [1.54, 1.807) is 12.1 Å². The van der Waals surface area contributed by atoms with E-state index in [1.807, 2.05) is 36.0 Å². The molecule has 0 bridgehead atoms. The summed E-state index contributed by atoms with van der Waals surface area (Å²) < 4.78 is 17.4. The van der Waals surface area contributed by atoms with E-state index in [4.69, 9.17) is 15.8 Å². The van der Waals surface area contributed by atoms with Crippen molar-refractivity contribution in [3.05, 3.63) is 71.9 Å². The van der Waals surface area contributed by atoms with Crippen molar-refractivity contribution in [3.63, 3.8) is 0 Å². The van der Waals surface area contributed by atoms with Gasteiger partial charge in [0, 0.05) is 18.9 Å². The van der Waals surface area contributed by atoms with E-state index < -0.39 is 0 Å². The molecule has 0 spiro atoms. The fraction of sp³-hybridized carbons (Fsp3) is 0.208. The van der Waals surface area contributed by atoms with Crippen LogP contribution in [0, 0.1) is 5.82 Å². The van der Waals surface area contributed by atoms with Crippen molar-refractivity contribution < 1.29 is 4.39 Å². The highest BCUT2D eigenvalue weighted by Gasteiger charge is 2.18. The van der Waals surface area contributed by atoms with Gasteiger partial charge in [-0.2, -0.15) is 5.10 Å². The topological polar surface area (TPSA) is 74.5 Å². The SMILES string of the molecule is CCCc1nc2c(N)nc3ccccc3c2n1Cc1cc(-c2ccc(F)cc2)n(C)n1. The number of fused-ring (bicyclic) bond motifs is 3. The summed E-state index contributed by atoms with van der Waals surface area (Å²) in [6.07, 6.45) is 1.80. The number of aromatic nitrogens is 5. The number of pyridine rings is 1. The number of hydrogen-bond acceptors (Lipinski definition) is 4. The van der Waals surface area contributed by atoms with Crippen molar-refractivity contribution in [2.45, 2.75) is 26.3 Å². The molecule has 6 nitrogen and oxygen atoms in total. The van der Waals surface area contributed by atoms with E-state index in [1.165, 1.54) is 12.1 Å². The first-order valence-electron chi connectivity index (χ1n) is 10.4. The van der Waals surface area contributed by atoms with E-state index in [0.717, 1.165) is 57.6 Å². The van der Waals surface area contributed by atoms with Crippen molar-refractivity contribution in [2.24, 2.45) is 7.05 Å². The first kappa shape index (κ1) is 19.2. The number of anilines is 1. The minimum atomic E-state index is -0.252. The number of nitrogens with two attached hydrogens (primary N) is 1. The fourth-order valence-electron chi connectivity index (χ4n) is 4.15. The number of rotatable bonds is 5. The maximum Gasteiger partial charge on any atom is 0.152 e. The summed E-state index contributed by atoms with van der Waals surface area (Å²) in [5, 5.41) is 5.75. The molecule has 3 heterocycles. The predicted molar refractivity (Wildman–Crippen MR) is 121 cm³/mol. The zero-order valence-electron chi connectivity index (χ0n) is 17.5. The van der Waals surface area contributed by atoms with Crippen molar-refractivity contribution in [3.8, 4) is 11.3 Å². The zero-order valence-corrected chi connectivity index (χ0v) is 17.5. The molecule has 0 fully saturated rings. The van der Waals surface area contributed by atoms with Gasteiger partial charge >= 0.3 is 0 Å². The first-order valence-corrected chi connectivity index (χ1v) is 10.4. The van der Waals surface area contributed by atoms with Crippen molar-refractivity contribution in [1.82, 2.24) is 24.3 Å². The van der Waals surface area contributed by atoms with Gasteiger partial charge in [-0.05, 0) is 48.4 Å². The Bertz CT molecular complexity index is 1400. The van der Waals surface area contributed by atoms with Crippen LogP contribution in [0.2, 0.25) is 0 Å². The Morgan fingerprint density at radius 1 is 1.03 bits per heavy atom. The molecule has 0 aliphatic carbocycles. The highest BCUT2D eigenvalue weighted by atomic mass is 19.1. The van der Waals surface area contributed by atoms with Gasteiger partial charge < -0.3 is 10.3 Å². The molecule has 7 heteroatoms. The maximum absolute atomic E-state index is 13.3. The molecule has 31 heavy (non-hydrogen) atoms. The Balaban J connectivity index is 1.66. The predicted octanol–water partition coefficient (Wildman–Crippen LogP) is 4.71. The van der Waals surface area contributed by atoms with Crippen LogP contribution in [0.5, 0.6) is 0 Å². The van der Waals surface area contributed by atoms with Gasteiger partial charge in [0.1, 0.15) is 17.2 Å². The Labute approximate surface area is 179 Å². The summed E-state index contributed by atoms with van der Waals surface area (Å²) in [6.45, 7) is 2.70. The molecule has 5 aromatic rings. The van der Waals surface area contributed by atoms with Gasteiger partial charge in [0.05, 0.1) is 29.0 Å². The van der Waals surface area contributed by atoms with Crippen LogP contribution in [-0.2, 0) is 20.0 Å². The van der Waals surface area contributed by atoms with Crippen LogP contribution in [0.4, 0.5) is 10.2 Å². The highest BCUT2D eigenvalue weighted by molar-refractivity contribution is 6.06. The Morgan fingerprint density at radius 2 is 1.81 bits per heavy atom. The molecule has 3 aromatic heterocycles. The Morgan fingerprint density at radius 3 is 2.58 bits per heavy atom. The monoisotopic (exact) mass is 414 g/mol. The van der Waals surface area contributed by atoms with Gasteiger partial charge in [0.2, 0.25) is 0 Å². The molecule has 2 aromatic carbocycles. The normalized spacial score (nSPS) is 11.6. The summed E-state index contributed by atoms with van der Waals surface area (Å²) in [5.41, 5.74) is 11.6. The third-order valence-electron chi connectivity index (χ3n) is 5.55. The minimum Gasteiger partial charge on any atom is -0.382 e. The second kappa shape index (κ2) is 7.50. The molecule has 0 unspecified atom stereocenters. The lowest BCUT2D eigenvalue weighted by Gasteiger charge is -2.09. The molecule has 156 valence electrons. The second-order valence-electron chi connectivity index (χ2n) is 7.73. The number of hydrogen-bond donors (Lipinski definition) is 1. The number of imidazole rings is 1. The van der Waals surface area contributed by atoms with Crippen LogP contribution in [-0.4, -0.2) is 24.3 Å². The van der Waals surface area contributed by atoms with Crippen LogP contribution >= 0.6 is 0 Å². The molecule has 0 saturated heterocycles. The van der Waals surface area contributed by atoms with E-state index in [0.29, 0.717) is 12.4 Å². The zero-order chi connectivity index (χ0) is 21.5. The third-order valence-corrected chi connectivity index (χ3v) is 5.55. The van der Waals surface area contributed by atoms with Gasteiger partial charge in [0.15, 0.2) is 5.82 Å². The summed E-state index contributed by atoms with van der Waals surface area (Å²) in [4.78, 5) is 9.39. The Kier molecular flexibility index (Phi) is 4.66. The average molecular weight is 414 g/mol. The third kappa shape index (κ3) is 3.32. The lowest BCUT2D eigenvalue weighted by molar-refractivity contribution is 0.628. The lowest BCUT2D eigenvalue weighted by atomic mass is 10.1. The van der Waals surface area contributed by atoms with Gasteiger partial charge in [-0.15, -0.1) is 0 Å². The minimum absolute atomic E-state index is 0.252. The fourth-order valence-corrected chi connectivity index (χ4v) is 4.15. The molecule has 0 saturated carbocycles. The molecule has 5 rings (SSSR count). The molecular formula is C24H23FN6. The summed E-state index contributed by atoms with van der Waals surface area (Å²) >= 11 is 0. The molecule has 0 radical (unpaired) electrons. The quantitative estimate of drug-likeness (QED) is 0.452. The lowest BCUT2D eigenvalue weighted by Crippen LogP contribution is -2.06. The van der Waals surface area contributed by atoms with Gasteiger partial charge in [-0.1, -0.05) is 25.1 Å². The summed E-state index contributed by atoms with van der Waals surface area (Å²) in [6, 6.07) is 16.5. The van der Waals surface area contributed by atoms with Crippen molar-refractivity contribution in [2.75, 3.05) is 5.73 Å². The van der Waals surface area contributed by atoms with Crippen molar-refractivity contribution in [1.29, 1.82) is 0 Å². The molecule has 2 N–H and O–H groups in total. The smallest absolute Gasteiger partial charge is 0.152 e. The summed E-state index contributed by atoms with van der Waals surface area (Å²) in [5.74, 6) is 1.16. The highest BCUT2D eigenvalue weighted by Crippen LogP contribution is 2.30. The summed E-state index contributed by atoms with van der Waals surface area (Å²) in [7, 11) is 1.90. The van der Waals surface area contributed by atoms with Gasteiger partial charge in [0.25, 0.3) is 0 Å². The number of nitrogen functional groups attached to an aromatic ring is 1. The number of benzene rings is 2. The average Bonchev–Trinajstić information content (AvgIpc) is 3.30. The Hall–Kier alpha value is -3.74. The number of nitrogens with zero attached hydrogens (tertiary/aromatic N) is 5. The molecule has 0 atom stereocenters. The van der Waals surface area contributed by atoms with E-state index in [9.17, 15) is 4.39 Å². The van der Waals surface area contributed by atoms with E-state index >= 15 is 0 Å². The van der Waals surface area contributed by atoms with E-state index in [-0.39, 0.29) is 5.82 Å². The second-order valence-corrected chi connectivity index (χ2v) is 7.73. The van der Waals surface area contributed by atoms with Crippen LogP contribution in [0.1, 0.15) is 24.9 Å². The van der Waals surface area contributed by atoms with Gasteiger partial charge in [-0.3, -0.25) is 4.68 Å². The van der Waals surface area contributed by atoms with E-state index in [2.05, 4.69) is 22.5 Å². The van der Waals surface area contributed by atoms with Crippen LogP contribution in [0.15, 0.2) is 54.6 Å². The molecular weight excluding hydrogens is 391 g/mol.